The fourth-order valence-corrected chi connectivity index (χ4v) is 2.32. The molecule has 3 heteroatoms. The number of aryl methyl sites for hydroxylation is 1. The van der Waals surface area contributed by atoms with Crippen molar-refractivity contribution in [1.29, 1.82) is 0 Å². The van der Waals surface area contributed by atoms with Crippen molar-refractivity contribution >= 4 is 11.6 Å². The molecule has 0 aromatic heterocycles. The Hall–Kier alpha value is -2.29. The number of amides is 1. The number of hydrogen-bond acceptors (Lipinski definition) is 2. The molecule has 2 rings (SSSR count). The maximum Gasteiger partial charge on any atom is 0.255 e. The SMILES string of the molecule is CN(CCCCc1ccccc1)C(=O)c1ccccc1N. The van der Waals surface area contributed by atoms with Gasteiger partial charge in [0.1, 0.15) is 0 Å². The first-order valence-corrected chi connectivity index (χ1v) is 7.32. The molecular weight excluding hydrogens is 260 g/mol. The number of nitrogen functional groups attached to an aromatic ring is 1. The summed E-state index contributed by atoms with van der Waals surface area (Å²) in [5.74, 6) is -0.00666. The Bertz CT molecular complexity index is 581. The van der Waals surface area contributed by atoms with Crippen molar-refractivity contribution in [2.45, 2.75) is 19.3 Å². The van der Waals surface area contributed by atoms with Gasteiger partial charge in [0.05, 0.1) is 5.56 Å². The molecule has 0 aliphatic carbocycles. The van der Waals surface area contributed by atoms with Crippen molar-refractivity contribution in [3.63, 3.8) is 0 Å². The maximum atomic E-state index is 12.3. The zero-order valence-corrected chi connectivity index (χ0v) is 12.5. The number of carbonyl (C=O) groups excluding carboxylic acids is 1. The van der Waals surface area contributed by atoms with Gasteiger partial charge in [0.15, 0.2) is 0 Å². The molecule has 2 aromatic carbocycles. The van der Waals surface area contributed by atoms with Gasteiger partial charge in [-0.25, -0.2) is 0 Å². The predicted molar refractivity (Wildman–Crippen MR) is 87.2 cm³/mol. The highest BCUT2D eigenvalue weighted by atomic mass is 16.2. The van der Waals surface area contributed by atoms with Gasteiger partial charge in [-0.2, -0.15) is 0 Å². The molecule has 1 amide bonds. The number of para-hydroxylation sites is 1. The van der Waals surface area contributed by atoms with E-state index >= 15 is 0 Å². The molecule has 110 valence electrons. The number of carbonyl (C=O) groups is 1. The smallest absolute Gasteiger partial charge is 0.255 e. The second-order valence-electron chi connectivity index (χ2n) is 5.26. The summed E-state index contributed by atoms with van der Waals surface area (Å²) in [6.07, 6.45) is 3.12. The summed E-state index contributed by atoms with van der Waals surface area (Å²) in [5, 5.41) is 0. The van der Waals surface area contributed by atoms with Crippen LogP contribution in [0.4, 0.5) is 5.69 Å². The molecule has 0 radical (unpaired) electrons. The van der Waals surface area contributed by atoms with Crippen LogP contribution >= 0.6 is 0 Å². The van der Waals surface area contributed by atoms with E-state index in [-0.39, 0.29) is 5.91 Å². The van der Waals surface area contributed by atoms with Crippen molar-refractivity contribution in [2.24, 2.45) is 0 Å². The Morgan fingerprint density at radius 2 is 1.67 bits per heavy atom. The maximum absolute atomic E-state index is 12.3. The van der Waals surface area contributed by atoms with E-state index in [0.29, 0.717) is 11.3 Å². The molecule has 2 N–H and O–H groups in total. The summed E-state index contributed by atoms with van der Waals surface area (Å²) in [6.45, 7) is 0.750. The number of rotatable bonds is 6. The van der Waals surface area contributed by atoms with Gasteiger partial charge < -0.3 is 10.6 Å². The van der Waals surface area contributed by atoms with Gasteiger partial charge in [-0.05, 0) is 37.0 Å². The first kappa shape index (κ1) is 15.1. The molecule has 0 saturated heterocycles. The lowest BCUT2D eigenvalue weighted by Gasteiger charge is -2.18. The monoisotopic (exact) mass is 282 g/mol. The van der Waals surface area contributed by atoms with Crippen LogP contribution in [0, 0.1) is 0 Å². The highest BCUT2D eigenvalue weighted by Gasteiger charge is 2.13. The van der Waals surface area contributed by atoms with Gasteiger partial charge in [-0.3, -0.25) is 4.79 Å². The third-order valence-corrected chi connectivity index (χ3v) is 3.59. The summed E-state index contributed by atoms with van der Waals surface area (Å²) in [5.41, 5.74) is 8.32. The van der Waals surface area contributed by atoms with Crippen LogP contribution in [0.5, 0.6) is 0 Å². The lowest BCUT2D eigenvalue weighted by molar-refractivity contribution is 0.0794. The van der Waals surface area contributed by atoms with E-state index in [1.807, 2.05) is 25.2 Å². The van der Waals surface area contributed by atoms with Gasteiger partial charge in [-0.1, -0.05) is 42.5 Å². The van der Waals surface area contributed by atoms with Gasteiger partial charge >= 0.3 is 0 Å². The molecule has 0 aliphatic rings. The average Bonchev–Trinajstić information content (AvgIpc) is 2.52. The van der Waals surface area contributed by atoms with E-state index in [1.54, 1.807) is 17.0 Å². The fraction of sp³-hybridized carbons (Fsp3) is 0.278. The van der Waals surface area contributed by atoms with Crippen LogP contribution < -0.4 is 5.73 Å². The molecule has 0 bridgehead atoms. The van der Waals surface area contributed by atoms with E-state index < -0.39 is 0 Å². The highest BCUT2D eigenvalue weighted by Crippen LogP contribution is 2.13. The number of unbranched alkanes of at least 4 members (excludes halogenated alkanes) is 1. The molecule has 0 heterocycles. The van der Waals surface area contributed by atoms with E-state index in [9.17, 15) is 4.79 Å². The second kappa shape index (κ2) is 7.48. The van der Waals surface area contributed by atoms with Gasteiger partial charge in [0.2, 0.25) is 0 Å². The molecule has 0 saturated carbocycles. The molecule has 0 fully saturated rings. The first-order valence-electron chi connectivity index (χ1n) is 7.32. The minimum absolute atomic E-state index is 0.00666. The lowest BCUT2D eigenvalue weighted by Crippen LogP contribution is -2.28. The van der Waals surface area contributed by atoms with Crippen LogP contribution in [0.3, 0.4) is 0 Å². The van der Waals surface area contributed by atoms with Crippen molar-refractivity contribution in [1.82, 2.24) is 4.90 Å². The average molecular weight is 282 g/mol. The summed E-state index contributed by atoms with van der Waals surface area (Å²) in [7, 11) is 1.83. The predicted octanol–water partition coefficient (Wildman–Crippen LogP) is 3.36. The van der Waals surface area contributed by atoms with Crippen molar-refractivity contribution < 1.29 is 4.79 Å². The van der Waals surface area contributed by atoms with Crippen molar-refractivity contribution in [3.8, 4) is 0 Å². The molecule has 2 aromatic rings. The third kappa shape index (κ3) is 4.35. The zero-order chi connectivity index (χ0) is 15.1. The summed E-state index contributed by atoms with van der Waals surface area (Å²) < 4.78 is 0. The first-order chi connectivity index (χ1) is 10.2. The summed E-state index contributed by atoms with van der Waals surface area (Å²) >= 11 is 0. The van der Waals surface area contributed by atoms with E-state index in [1.165, 1.54) is 5.56 Å². The standard InChI is InChI=1S/C18H22N2O/c1-20(18(21)16-12-5-6-13-17(16)19)14-8-7-11-15-9-3-2-4-10-15/h2-6,9-10,12-13H,7-8,11,14,19H2,1H3. The lowest BCUT2D eigenvalue weighted by atomic mass is 10.1. The minimum Gasteiger partial charge on any atom is -0.398 e. The van der Waals surface area contributed by atoms with Crippen LogP contribution in [0.15, 0.2) is 54.6 Å². The minimum atomic E-state index is -0.00666. The normalized spacial score (nSPS) is 10.3. The zero-order valence-electron chi connectivity index (χ0n) is 12.5. The van der Waals surface area contributed by atoms with Crippen LogP contribution in [-0.2, 0) is 6.42 Å². The van der Waals surface area contributed by atoms with Gasteiger partial charge in [-0.15, -0.1) is 0 Å². The molecule has 0 atom stereocenters. The van der Waals surface area contributed by atoms with E-state index in [2.05, 4.69) is 24.3 Å². The van der Waals surface area contributed by atoms with Crippen LogP contribution in [-0.4, -0.2) is 24.4 Å². The number of anilines is 1. The topological polar surface area (TPSA) is 46.3 Å². The fourth-order valence-electron chi connectivity index (χ4n) is 2.32. The Morgan fingerprint density at radius 1 is 1.00 bits per heavy atom. The number of benzene rings is 2. The Labute approximate surface area is 126 Å². The number of hydrogen-bond donors (Lipinski definition) is 1. The molecule has 0 aliphatic heterocycles. The highest BCUT2D eigenvalue weighted by molar-refractivity contribution is 5.98. The Morgan fingerprint density at radius 3 is 2.38 bits per heavy atom. The summed E-state index contributed by atoms with van der Waals surface area (Å²) in [6, 6.07) is 17.6. The summed E-state index contributed by atoms with van der Waals surface area (Å²) in [4.78, 5) is 14.0. The molecule has 3 nitrogen and oxygen atoms in total. The number of nitrogens with zero attached hydrogens (tertiary/aromatic N) is 1. The Kier molecular flexibility index (Phi) is 5.38. The third-order valence-electron chi connectivity index (χ3n) is 3.59. The molecular formula is C18H22N2O. The van der Waals surface area contributed by atoms with Crippen LogP contribution in [0.1, 0.15) is 28.8 Å². The molecule has 0 unspecified atom stereocenters. The van der Waals surface area contributed by atoms with Crippen LogP contribution in [0.2, 0.25) is 0 Å². The quantitative estimate of drug-likeness (QED) is 0.652. The second-order valence-corrected chi connectivity index (χ2v) is 5.26. The van der Waals surface area contributed by atoms with Crippen molar-refractivity contribution in [2.75, 3.05) is 19.3 Å². The van der Waals surface area contributed by atoms with Gasteiger partial charge in [0, 0.05) is 19.3 Å². The largest absolute Gasteiger partial charge is 0.398 e. The van der Waals surface area contributed by atoms with E-state index in [0.717, 1.165) is 25.8 Å². The Balaban J connectivity index is 1.78. The van der Waals surface area contributed by atoms with Crippen molar-refractivity contribution in [3.05, 3.63) is 65.7 Å². The van der Waals surface area contributed by atoms with Gasteiger partial charge in [0.25, 0.3) is 5.91 Å². The molecule has 21 heavy (non-hydrogen) atoms. The number of nitrogens with two attached hydrogens (primary N) is 1. The van der Waals surface area contributed by atoms with E-state index in [4.69, 9.17) is 5.73 Å². The van der Waals surface area contributed by atoms with Crippen LogP contribution in [0.25, 0.3) is 0 Å². The molecule has 0 spiro atoms.